The molecule has 1 atom stereocenters. The van der Waals surface area contributed by atoms with Crippen LogP contribution in [-0.4, -0.2) is 31.6 Å². The van der Waals surface area contributed by atoms with E-state index in [1.54, 1.807) is 0 Å². The van der Waals surface area contributed by atoms with Crippen LogP contribution >= 0.6 is 39.9 Å². The number of nitrogens with zero attached hydrogens (tertiary/aromatic N) is 1. The van der Waals surface area contributed by atoms with E-state index in [0.29, 0.717) is 0 Å². The normalized spacial score (nSPS) is 20.1. The van der Waals surface area contributed by atoms with Crippen molar-refractivity contribution in [1.82, 2.24) is 10.2 Å². The summed E-state index contributed by atoms with van der Waals surface area (Å²) in [5, 5.41) is 4.09. The molecule has 1 aromatic rings. The highest BCUT2D eigenvalue weighted by atomic mass is 79.9. The van der Waals surface area contributed by atoms with Gasteiger partial charge in [-0.05, 0) is 72.5 Å². The summed E-state index contributed by atoms with van der Waals surface area (Å²) in [6, 6.07) is 6.25. The van der Waals surface area contributed by atoms with Gasteiger partial charge in [0.2, 0.25) is 0 Å². The third-order valence-electron chi connectivity index (χ3n) is 3.49. The van der Waals surface area contributed by atoms with E-state index < -0.39 is 0 Å². The lowest BCUT2D eigenvalue weighted by atomic mass is 9.97. The molecule has 0 aliphatic carbocycles. The van der Waals surface area contributed by atoms with Crippen LogP contribution in [0.1, 0.15) is 18.4 Å². The van der Waals surface area contributed by atoms with E-state index in [0.717, 1.165) is 28.5 Å². The Bertz CT molecular complexity index is 399. The van der Waals surface area contributed by atoms with Crippen LogP contribution < -0.4 is 5.32 Å². The Labute approximate surface area is 135 Å². The maximum Gasteiger partial charge on any atom is 0.0551 e. The van der Waals surface area contributed by atoms with Crippen molar-refractivity contribution in [2.45, 2.75) is 19.4 Å². The maximum absolute atomic E-state index is 6.13. The maximum atomic E-state index is 6.13. The van der Waals surface area contributed by atoms with Crippen molar-refractivity contribution in [2.24, 2.45) is 5.92 Å². The summed E-state index contributed by atoms with van der Waals surface area (Å²) in [5.74, 6) is 0.787. The van der Waals surface area contributed by atoms with E-state index in [4.69, 9.17) is 11.6 Å². The molecule has 19 heavy (non-hydrogen) atoms. The molecule has 5 heteroatoms. The smallest absolute Gasteiger partial charge is 0.0551 e. The number of benzene rings is 1. The zero-order valence-corrected chi connectivity index (χ0v) is 14.3. The molecule has 2 rings (SSSR count). The molecule has 1 aromatic carbocycles. The Kier molecular flexibility index (Phi) is 7.70. The number of halogens is 3. The molecule has 1 unspecified atom stereocenters. The van der Waals surface area contributed by atoms with Crippen molar-refractivity contribution in [3.05, 3.63) is 33.3 Å². The quantitative estimate of drug-likeness (QED) is 0.866. The van der Waals surface area contributed by atoms with Crippen LogP contribution in [0.5, 0.6) is 0 Å². The fraction of sp³-hybridized carbons (Fsp3) is 0.571. The predicted octanol–water partition coefficient (Wildman–Crippen LogP) is 3.96. The SMILES string of the molecule is CNCC1CCCN(Cc2ccc(Br)c(Cl)c2)C1.Cl. The van der Waals surface area contributed by atoms with Gasteiger partial charge in [0.1, 0.15) is 0 Å². The van der Waals surface area contributed by atoms with Crippen LogP contribution in [0.15, 0.2) is 22.7 Å². The van der Waals surface area contributed by atoms with E-state index in [9.17, 15) is 0 Å². The standard InChI is InChI=1S/C14H20BrClN2.ClH/c1-17-8-12-3-2-6-18(10-12)9-11-4-5-13(15)14(16)7-11;/h4-5,7,12,17H,2-3,6,8-10H2,1H3;1H. The summed E-state index contributed by atoms with van der Waals surface area (Å²) in [7, 11) is 2.04. The fourth-order valence-electron chi connectivity index (χ4n) is 2.65. The van der Waals surface area contributed by atoms with E-state index in [-0.39, 0.29) is 12.4 Å². The predicted molar refractivity (Wildman–Crippen MR) is 88.3 cm³/mol. The Hall–Kier alpha value is 0.200. The molecule has 0 amide bonds. The minimum Gasteiger partial charge on any atom is -0.319 e. The van der Waals surface area contributed by atoms with Gasteiger partial charge in [-0.25, -0.2) is 0 Å². The van der Waals surface area contributed by atoms with Gasteiger partial charge in [0.05, 0.1) is 5.02 Å². The minimum atomic E-state index is 0. The van der Waals surface area contributed by atoms with Gasteiger partial charge in [0, 0.05) is 17.6 Å². The zero-order valence-electron chi connectivity index (χ0n) is 11.2. The van der Waals surface area contributed by atoms with Crippen LogP contribution in [0.3, 0.4) is 0 Å². The molecule has 1 aliphatic heterocycles. The molecule has 0 aromatic heterocycles. The first-order chi connectivity index (χ1) is 8.69. The fourth-order valence-corrected chi connectivity index (χ4v) is 3.10. The Morgan fingerprint density at radius 2 is 2.26 bits per heavy atom. The van der Waals surface area contributed by atoms with Gasteiger partial charge in [-0.2, -0.15) is 0 Å². The average molecular weight is 368 g/mol. The third kappa shape index (κ3) is 5.24. The van der Waals surface area contributed by atoms with Crippen LogP contribution in [-0.2, 0) is 6.54 Å². The van der Waals surface area contributed by atoms with Crippen LogP contribution in [0.2, 0.25) is 5.02 Å². The first-order valence-electron chi connectivity index (χ1n) is 6.50. The lowest BCUT2D eigenvalue weighted by Crippen LogP contribution is -2.38. The van der Waals surface area contributed by atoms with Crippen LogP contribution in [0, 0.1) is 5.92 Å². The molecular formula is C14H21BrCl2N2. The number of nitrogens with one attached hydrogen (secondary N) is 1. The second kappa shape index (κ2) is 8.48. The third-order valence-corrected chi connectivity index (χ3v) is 4.72. The monoisotopic (exact) mass is 366 g/mol. The van der Waals surface area contributed by atoms with Gasteiger partial charge < -0.3 is 5.32 Å². The van der Waals surface area contributed by atoms with E-state index in [1.165, 1.54) is 31.5 Å². The minimum absolute atomic E-state index is 0. The number of hydrogen-bond donors (Lipinski definition) is 1. The number of hydrogen-bond acceptors (Lipinski definition) is 2. The van der Waals surface area contributed by atoms with E-state index >= 15 is 0 Å². The second-order valence-corrected chi connectivity index (χ2v) is 6.31. The molecule has 1 N–H and O–H groups in total. The molecule has 108 valence electrons. The molecule has 1 fully saturated rings. The van der Waals surface area contributed by atoms with E-state index in [2.05, 4.69) is 38.3 Å². The summed E-state index contributed by atoms with van der Waals surface area (Å²) >= 11 is 9.57. The van der Waals surface area contributed by atoms with Crippen molar-refractivity contribution in [3.8, 4) is 0 Å². The highest BCUT2D eigenvalue weighted by Crippen LogP contribution is 2.25. The second-order valence-electron chi connectivity index (χ2n) is 5.05. The summed E-state index contributed by atoms with van der Waals surface area (Å²) in [5.41, 5.74) is 1.30. The lowest BCUT2D eigenvalue weighted by Gasteiger charge is -2.32. The Balaban J connectivity index is 0.00000180. The highest BCUT2D eigenvalue weighted by Gasteiger charge is 2.19. The zero-order chi connectivity index (χ0) is 13.0. The Morgan fingerprint density at radius 3 is 2.95 bits per heavy atom. The van der Waals surface area contributed by atoms with Crippen molar-refractivity contribution < 1.29 is 0 Å². The molecule has 0 saturated carbocycles. The summed E-state index contributed by atoms with van der Waals surface area (Å²) in [6.07, 6.45) is 2.65. The number of rotatable bonds is 4. The molecule has 0 spiro atoms. The van der Waals surface area contributed by atoms with E-state index in [1.807, 2.05) is 13.1 Å². The molecular weight excluding hydrogens is 347 g/mol. The molecule has 1 saturated heterocycles. The van der Waals surface area contributed by atoms with Gasteiger partial charge in [0.25, 0.3) is 0 Å². The summed E-state index contributed by atoms with van der Waals surface area (Å²) in [6.45, 7) is 4.52. The topological polar surface area (TPSA) is 15.3 Å². The summed E-state index contributed by atoms with van der Waals surface area (Å²) < 4.78 is 0.972. The number of likely N-dealkylation sites (tertiary alicyclic amines) is 1. The van der Waals surface area contributed by atoms with Gasteiger partial charge in [-0.3, -0.25) is 4.90 Å². The van der Waals surface area contributed by atoms with Crippen molar-refractivity contribution in [2.75, 3.05) is 26.7 Å². The molecule has 0 radical (unpaired) electrons. The lowest BCUT2D eigenvalue weighted by molar-refractivity contribution is 0.167. The molecule has 1 heterocycles. The van der Waals surface area contributed by atoms with Crippen molar-refractivity contribution >= 4 is 39.9 Å². The first-order valence-corrected chi connectivity index (χ1v) is 7.67. The Morgan fingerprint density at radius 1 is 1.47 bits per heavy atom. The van der Waals surface area contributed by atoms with Crippen LogP contribution in [0.25, 0.3) is 0 Å². The molecule has 1 aliphatic rings. The van der Waals surface area contributed by atoms with Gasteiger partial charge in [-0.1, -0.05) is 17.7 Å². The largest absolute Gasteiger partial charge is 0.319 e. The van der Waals surface area contributed by atoms with Gasteiger partial charge >= 0.3 is 0 Å². The van der Waals surface area contributed by atoms with Crippen LogP contribution in [0.4, 0.5) is 0 Å². The first kappa shape index (κ1) is 17.3. The number of piperidine rings is 1. The average Bonchev–Trinajstić information content (AvgIpc) is 2.35. The van der Waals surface area contributed by atoms with Crippen molar-refractivity contribution in [3.63, 3.8) is 0 Å². The molecule has 0 bridgehead atoms. The summed E-state index contributed by atoms with van der Waals surface area (Å²) in [4.78, 5) is 2.53. The molecule has 2 nitrogen and oxygen atoms in total. The van der Waals surface area contributed by atoms with Crippen molar-refractivity contribution in [1.29, 1.82) is 0 Å². The van der Waals surface area contributed by atoms with Gasteiger partial charge in [0.15, 0.2) is 0 Å². The highest BCUT2D eigenvalue weighted by molar-refractivity contribution is 9.10. The van der Waals surface area contributed by atoms with Gasteiger partial charge in [-0.15, -0.1) is 12.4 Å².